The molecule has 0 saturated carbocycles. The van der Waals surface area contributed by atoms with Crippen LogP contribution in [0.2, 0.25) is 0 Å². The van der Waals surface area contributed by atoms with Gasteiger partial charge in [0.15, 0.2) is 0 Å². The van der Waals surface area contributed by atoms with Crippen LogP contribution in [-0.2, 0) is 16.0 Å². The predicted molar refractivity (Wildman–Crippen MR) is 71.5 cm³/mol. The molecule has 18 heavy (non-hydrogen) atoms. The first-order chi connectivity index (χ1) is 8.52. The zero-order valence-electron chi connectivity index (χ0n) is 10.9. The number of H-pyrrole nitrogens is 1. The first-order valence-electron chi connectivity index (χ1n) is 5.93. The van der Waals surface area contributed by atoms with Gasteiger partial charge in [-0.15, -0.1) is 0 Å². The summed E-state index contributed by atoms with van der Waals surface area (Å²) in [6.07, 6.45) is 2.39. The largest absolute Gasteiger partial charge is 0.468 e. The Bertz CT molecular complexity index is 587. The van der Waals surface area contributed by atoms with Gasteiger partial charge in [0.25, 0.3) is 0 Å². The standard InChI is InChI=1S/C14H18N2O2/c1-8-4-11-10(6-12(15)14(17)18-3)7-16-13(11)5-9(8)2/h4-5,7,12,16H,6,15H2,1-3H3. The van der Waals surface area contributed by atoms with Crippen molar-refractivity contribution < 1.29 is 9.53 Å². The molecule has 0 bridgehead atoms. The van der Waals surface area contributed by atoms with E-state index in [1.165, 1.54) is 18.2 Å². The van der Waals surface area contributed by atoms with Crippen LogP contribution in [0.15, 0.2) is 18.3 Å². The molecular formula is C14H18N2O2. The third kappa shape index (κ3) is 2.24. The van der Waals surface area contributed by atoms with Crippen molar-refractivity contribution in [3.05, 3.63) is 35.0 Å². The molecule has 0 aliphatic carbocycles. The lowest BCUT2D eigenvalue weighted by Gasteiger charge is -2.08. The minimum atomic E-state index is -0.615. The number of nitrogens with one attached hydrogen (secondary N) is 1. The van der Waals surface area contributed by atoms with Gasteiger partial charge in [-0.1, -0.05) is 0 Å². The van der Waals surface area contributed by atoms with E-state index in [0.29, 0.717) is 6.42 Å². The number of fused-ring (bicyclic) bond motifs is 1. The highest BCUT2D eigenvalue weighted by Crippen LogP contribution is 2.23. The molecule has 0 aliphatic rings. The summed E-state index contributed by atoms with van der Waals surface area (Å²) in [7, 11) is 1.35. The van der Waals surface area contributed by atoms with Crippen molar-refractivity contribution in [2.45, 2.75) is 26.3 Å². The Balaban J connectivity index is 2.35. The van der Waals surface area contributed by atoms with Crippen molar-refractivity contribution in [2.24, 2.45) is 5.73 Å². The number of carbonyl (C=O) groups excluding carboxylic acids is 1. The van der Waals surface area contributed by atoms with Crippen molar-refractivity contribution in [1.29, 1.82) is 0 Å². The number of hydrogen-bond acceptors (Lipinski definition) is 3. The first-order valence-corrected chi connectivity index (χ1v) is 5.93. The second-order valence-electron chi connectivity index (χ2n) is 4.63. The van der Waals surface area contributed by atoms with Gasteiger partial charge in [0.2, 0.25) is 0 Å². The van der Waals surface area contributed by atoms with Gasteiger partial charge in [-0.05, 0) is 42.7 Å². The molecule has 0 saturated heterocycles. The maximum Gasteiger partial charge on any atom is 0.322 e. The summed E-state index contributed by atoms with van der Waals surface area (Å²) in [5.41, 5.74) is 10.4. The molecule has 2 aromatic rings. The van der Waals surface area contributed by atoms with E-state index in [4.69, 9.17) is 5.73 Å². The number of rotatable bonds is 3. The van der Waals surface area contributed by atoms with Crippen LogP contribution in [-0.4, -0.2) is 24.1 Å². The molecule has 1 aromatic carbocycles. The van der Waals surface area contributed by atoms with Gasteiger partial charge >= 0.3 is 5.97 Å². The van der Waals surface area contributed by atoms with Crippen LogP contribution < -0.4 is 5.73 Å². The topological polar surface area (TPSA) is 68.1 Å². The minimum Gasteiger partial charge on any atom is -0.468 e. The van der Waals surface area contributed by atoms with E-state index in [2.05, 4.69) is 35.7 Å². The van der Waals surface area contributed by atoms with Crippen LogP contribution >= 0.6 is 0 Å². The molecule has 0 radical (unpaired) electrons. The van der Waals surface area contributed by atoms with Crippen molar-refractivity contribution in [1.82, 2.24) is 4.98 Å². The van der Waals surface area contributed by atoms with E-state index in [-0.39, 0.29) is 5.97 Å². The number of benzene rings is 1. The number of aromatic nitrogens is 1. The average Bonchev–Trinajstić information content (AvgIpc) is 2.71. The van der Waals surface area contributed by atoms with Gasteiger partial charge in [-0.25, -0.2) is 0 Å². The number of aryl methyl sites for hydroxylation is 2. The van der Waals surface area contributed by atoms with Gasteiger partial charge in [-0.2, -0.15) is 0 Å². The van der Waals surface area contributed by atoms with E-state index in [1.807, 2.05) is 6.20 Å². The number of hydrogen-bond donors (Lipinski definition) is 2. The maximum absolute atomic E-state index is 11.3. The lowest BCUT2D eigenvalue weighted by atomic mass is 10.0. The van der Waals surface area contributed by atoms with Gasteiger partial charge in [0.05, 0.1) is 7.11 Å². The Kier molecular flexibility index (Phi) is 3.39. The number of ether oxygens (including phenoxy) is 1. The summed E-state index contributed by atoms with van der Waals surface area (Å²) in [6.45, 7) is 4.15. The van der Waals surface area contributed by atoms with Crippen LogP contribution in [0.4, 0.5) is 0 Å². The van der Waals surface area contributed by atoms with Crippen LogP contribution in [0, 0.1) is 13.8 Å². The van der Waals surface area contributed by atoms with Crippen molar-refractivity contribution in [2.75, 3.05) is 7.11 Å². The lowest BCUT2D eigenvalue weighted by Crippen LogP contribution is -2.33. The van der Waals surface area contributed by atoms with Gasteiger partial charge in [0, 0.05) is 23.5 Å². The van der Waals surface area contributed by atoms with Crippen LogP contribution in [0.3, 0.4) is 0 Å². The van der Waals surface area contributed by atoms with E-state index < -0.39 is 6.04 Å². The fourth-order valence-corrected chi connectivity index (χ4v) is 2.08. The highest BCUT2D eigenvalue weighted by molar-refractivity contribution is 5.86. The molecule has 3 N–H and O–H groups in total. The second kappa shape index (κ2) is 4.82. The number of esters is 1. The van der Waals surface area contributed by atoms with Gasteiger partial charge < -0.3 is 15.5 Å². The summed E-state index contributed by atoms with van der Waals surface area (Å²) < 4.78 is 4.64. The molecule has 0 aliphatic heterocycles. The van der Waals surface area contributed by atoms with E-state index >= 15 is 0 Å². The zero-order chi connectivity index (χ0) is 13.3. The minimum absolute atomic E-state index is 0.381. The quantitative estimate of drug-likeness (QED) is 0.812. The molecule has 1 unspecified atom stereocenters. The number of aromatic amines is 1. The molecule has 4 heteroatoms. The third-order valence-electron chi connectivity index (χ3n) is 3.33. The molecule has 2 rings (SSSR count). The number of methoxy groups -OCH3 is 1. The normalized spacial score (nSPS) is 12.7. The Morgan fingerprint density at radius 1 is 1.39 bits per heavy atom. The van der Waals surface area contributed by atoms with E-state index in [9.17, 15) is 4.79 Å². The van der Waals surface area contributed by atoms with Crippen molar-refractivity contribution in [3.8, 4) is 0 Å². The fourth-order valence-electron chi connectivity index (χ4n) is 2.08. The third-order valence-corrected chi connectivity index (χ3v) is 3.33. The van der Waals surface area contributed by atoms with E-state index in [1.54, 1.807) is 0 Å². The SMILES string of the molecule is COC(=O)C(N)Cc1c[nH]c2cc(C)c(C)cc12. The summed E-state index contributed by atoms with van der Waals surface area (Å²) in [5.74, 6) is -0.381. The number of carbonyl (C=O) groups is 1. The summed E-state index contributed by atoms with van der Waals surface area (Å²) in [6, 6.07) is 3.62. The predicted octanol–water partition coefficient (Wildman–Crippen LogP) is 1.83. The Morgan fingerprint density at radius 2 is 2.06 bits per heavy atom. The van der Waals surface area contributed by atoms with Crippen LogP contribution in [0.5, 0.6) is 0 Å². The number of nitrogens with two attached hydrogens (primary N) is 1. The highest BCUT2D eigenvalue weighted by atomic mass is 16.5. The molecular weight excluding hydrogens is 228 g/mol. The van der Waals surface area contributed by atoms with Gasteiger partial charge in [0.1, 0.15) is 6.04 Å². The first kappa shape index (κ1) is 12.6. The molecule has 1 atom stereocenters. The Morgan fingerprint density at radius 3 is 2.72 bits per heavy atom. The highest BCUT2D eigenvalue weighted by Gasteiger charge is 2.16. The Hall–Kier alpha value is -1.81. The molecule has 1 heterocycles. The monoisotopic (exact) mass is 246 g/mol. The van der Waals surface area contributed by atoms with Gasteiger partial charge in [-0.3, -0.25) is 4.79 Å². The average molecular weight is 246 g/mol. The maximum atomic E-state index is 11.3. The lowest BCUT2D eigenvalue weighted by molar-refractivity contribution is -0.142. The molecule has 4 nitrogen and oxygen atoms in total. The summed E-state index contributed by atoms with van der Waals surface area (Å²) >= 11 is 0. The smallest absolute Gasteiger partial charge is 0.322 e. The zero-order valence-corrected chi connectivity index (χ0v) is 10.9. The van der Waals surface area contributed by atoms with Crippen molar-refractivity contribution in [3.63, 3.8) is 0 Å². The van der Waals surface area contributed by atoms with E-state index in [0.717, 1.165) is 16.5 Å². The molecule has 0 fully saturated rings. The van der Waals surface area contributed by atoms with Crippen molar-refractivity contribution >= 4 is 16.9 Å². The molecule has 0 amide bonds. The van der Waals surface area contributed by atoms with Crippen LogP contribution in [0.25, 0.3) is 10.9 Å². The molecule has 1 aromatic heterocycles. The molecule has 0 spiro atoms. The summed E-state index contributed by atoms with van der Waals surface area (Å²) in [5, 5.41) is 1.12. The molecule has 96 valence electrons. The Labute approximate surface area is 106 Å². The fraction of sp³-hybridized carbons (Fsp3) is 0.357. The summed E-state index contributed by atoms with van der Waals surface area (Å²) in [4.78, 5) is 14.5. The second-order valence-corrected chi connectivity index (χ2v) is 4.63. The van der Waals surface area contributed by atoms with Crippen LogP contribution in [0.1, 0.15) is 16.7 Å².